The highest BCUT2D eigenvalue weighted by atomic mass is 16.5. The van der Waals surface area contributed by atoms with Crippen molar-refractivity contribution in [3.8, 4) is 11.5 Å². The Morgan fingerprint density at radius 1 is 0.738 bits per heavy atom. The summed E-state index contributed by atoms with van der Waals surface area (Å²) in [5.41, 5.74) is 4.05. The van der Waals surface area contributed by atoms with E-state index in [1.807, 2.05) is 13.0 Å². The van der Waals surface area contributed by atoms with Crippen LogP contribution in [0.1, 0.15) is 39.6 Å². The third-order valence-electron chi connectivity index (χ3n) is 5.69. The molecule has 0 saturated carbocycles. The molecule has 4 aromatic carbocycles. The van der Waals surface area contributed by atoms with Gasteiger partial charge < -0.3 is 20.1 Å². The molecule has 10 nitrogen and oxygen atoms in total. The van der Waals surface area contributed by atoms with Gasteiger partial charge >= 0.3 is 17.8 Å². The van der Waals surface area contributed by atoms with Crippen molar-refractivity contribution in [3.63, 3.8) is 0 Å². The standard InChI is InChI=1S/C32H28N4O6/c1-2-20-41-25-18-14-23(15-19-25)32(40)42-26-16-12-22(13-17-26)21-33-36-31(39)30(38)35-28-11-7-6-10-27(28)29(37)34-24-8-4-3-5-9-24/h3-19,21H,2,20H2,1H3,(H,34,37)(H,35,38)(H,36,39). The summed E-state index contributed by atoms with van der Waals surface area (Å²) in [6.45, 7) is 2.61. The molecule has 0 aliphatic rings. The molecule has 10 heteroatoms. The third kappa shape index (κ3) is 8.36. The van der Waals surface area contributed by atoms with Gasteiger partial charge in [0.15, 0.2) is 0 Å². The Balaban J connectivity index is 1.27. The Hall–Kier alpha value is -5.77. The lowest BCUT2D eigenvalue weighted by molar-refractivity contribution is -0.136. The van der Waals surface area contributed by atoms with E-state index >= 15 is 0 Å². The highest BCUT2D eigenvalue weighted by Gasteiger charge is 2.18. The van der Waals surface area contributed by atoms with Crippen LogP contribution < -0.4 is 25.5 Å². The van der Waals surface area contributed by atoms with Crippen LogP contribution in [0, 0.1) is 0 Å². The number of carbonyl (C=O) groups excluding carboxylic acids is 4. The number of esters is 1. The first-order valence-electron chi connectivity index (χ1n) is 13.1. The number of rotatable bonds is 10. The first-order valence-corrected chi connectivity index (χ1v) is 13.1. The van der Waals surface area contributed by atoms with Crippen molar-refractivity contribution in [2.45, 2.75) is 13.3 Å². The molecule has 0 aromatic heterocycles. The van der Waals surface area contributed by atoms with Crippen molar-refractivity contribution in [1.82, 2.24) is 5.43 Å². The SMILES string of the molecule is CCCOc1ccc(C(=O)Oc2ccc(C=NNC(=O)C(=O)Nc3ccccc3C(=O)Nc3ccccc3)cc2)cc1. The van der Waals surface area contributed by atoms with E-state index in [2.05, 4.69) is 21.2 Å². The predicted molar refractivity (Wildman–Crippen MR) is 159 cm³/mol. The molecule has 3 N–H and O–H groups in total. The molecule has 0 bridgehead atoms. The van der Waals surface area contributed by atoms with Crippen LogP contribution >= 0.6 is 0 Å². The minimum Gasteiger partial charge on any atom is -0.494 e. The van der Waals surface area contributed by atoms with E-state index in [-0.39, 0.29) is 11.3 Å². The van der Waals surface area contributed by atoms with Gasteiger partial charge in [-0.15, -0.1) is 0 Å². The minimum atomic E-state index is -1.03. The first-order chi connectivity index (χ1) is 20.4. The number of amides is 3. The molecular weight excluding hydrogens is 536 g/mol. The highest BCUT2D eigenvalue weighted by Crippen LogP contribution is 2.18. The maximum atomic E-state index is 12.7. The van der Waals surface area contributed by atoms with E-state index in [1.165, 1.54) is 18.3 Å². The third-order valence-corrected chi connectivity index (χ3v) is 5.69. The highest BCUT2D eigenvalue weighted by molar-refractivity contribution is 6.40. The Labute approximate surface area is 242 Å². The van der Waals surface area contributed by atoms with E-state index in [4.69, 9.17) is 9.47 Å². The van der Waals surface area contributed by atoms with Crippen LogP contribution in [-0.2, 0) is 9.59 Å². The fraction of sp³-hybridized carbons (Fsp3) is 0.0938. The zero-order valence-corrected chi connectivity index (χ0v) is 22.7. The van der Waals surface area contributed by atoms with E-state index in [0.29, 0.717) is 34.9 Å². The van der Waals surface area contributed by atoms with Gasteiger partial charge in [-0.05, 0) is 84.8 Å². The number of hydrogen-bond acceptors (Lipinski definition) is 7. The maximum Gasteiger partial charge on any atom is 0.343 e. The average molecular weight is 565 g/mol. The minimum absolute atomic E-state index is 0.168. The van der Waals surface area contributed by atoms with E-state index in [9.17, 15) is 19.2 Å². The van der Waals surface area contributed by atoms with Crippen LogP contribution in [0.15, 0.2) is 108 Å². The Morgan fingerprint density at radius 3 is 2.12 bits per heavy atom. The number of nitrogens with one attached hydrogen (secondary N) is 3. The molecule has 4 rings (SSSR count). The second-order valence-electron chi connectivity index (χ2n) is 8.85. The van der Waals surface area contributed by atoms with Crippen molar-refractivity contribution in [2.24, 2.45) is 5.10 Å². The quantitative estimate of drug-likeness (QED) is 0.0813. The summed E-state index contributed by atoms with van der Waals surface area (Å²) < 4.78 is 10.9. The van der Waals surface area contributed by atoms with Crippen LogP contribution in [0.2, 0.25) is 0 Å². The smallest absolute Gasteiger partial charge is 0.343 e. The number of para-hydroxylation sites is 2. The largest absolute Gasteiger partial charge is 0.494 e. The molecule has 0 radical (unpaired) electrons. The van der Waals surface area contributed by atoms with E-state index in [0.717, 1.165) is 6.42 Å². The molecule has 0 heterocycles. The summed E-state index contributed by atoms with van der Waals surface area (Å²) in [5.74, 6) is -1.99. The number of nitrogens with zero attached hydrogens (tertiary/aromatic N) is 1. The summed E-state index contributed by atoms with van der Waals surface area (Å²) >= 11 is 0. The normalized spacial score (nSPS) is 10.5. The number of hydrogen-bond donors (Lipinski definition) is 3. The van der Waals surface area contributed by atoms with Crippen molar-refractivity contribution in [2.75, 3.05) is 17.2 Å². The monoisotopic (exact) mass is 564 g/mol. The molecule has 0 atom stereocenters. The number of ether oxygens (including phenoxy) is 2. The second-order valence-corrected chi connectivity index (χ2v) is 8.85. The molecule has 0 aliphatic heterocycles. The average Bonchev–Trinajstić information content (AvgIpc) is 3.01. The van der Waals surface area contributed by atoms with Gasteiger partial charge in [0, 0.05) is 5.69 Å². The summed E-state index contributed by atoms with van der Waals surface area (Å²) in [5, 5.41) is 8.97. The lowest BCUT2D eigenvalue weighted by Crippen LogP contribution is -2.33. The summed E-state index contributed by atoms with van der Waals surface area (Å²) in [6.07, 6.45) is 2.21. The molecule has 0 unspecified atom stereocenters. The maximum absolute atomic E-state index is 12.7. The molecule has 0 spiro atoms. The van der Waals surface area contributed by atoms with Gasteiger partial charge in [0.05, 0.1) is 29.6 Å². The molecular formula is C32H28N4O6. The molecule has 212 valence electrons. The summed E-state index contributed by atoms with van der Waals surface area (Å²) in [7, 11) is 0. The molecule has 0 fully saturated rings. The predicted octanol–water partition coefficient (Wildman–Crippen LogP) is 5.04. The van der Waals surface area contributed by atoms with Gasteiger partial charge in [-0.2, -0.15) is 5.10 Å². The van der Waals surface area contributed by atoms with Crippen LogP contribution in [0.3, 0.4) is 0 Å². The van der Waals surface area contributed by atoms with Crippen molar-refractivity contribution in [1.29, 1.82) is 0 Å². The van der Waals surface area contributed by atoms with Crippen LogP contribution in [0.25, 0.3) is 0 Å². The lowest BCUT2D eigenvalue weighted by atomic mass is 10.1. The topological polar surface area (TPSA) is 135 Å². The molecule has 42 heavy (non-hydrogen) atoms. The number of carbonyl (C=O) groups is 4. The van der Waals surface area contributed by atoms with Crippen molar-refractivity contribution < 1.29 is 28.7 Å². The zero-order valence-electron chi connectivity index (χ0n) is 22.7. The van der Waals surface area contributed by atoms with E-state index < -0.39 is 23.7 Å². The lowest BCUT2D eigenvalue weighted by Gasteiger charge is -2.11. The number of hydrazone groups is 1. The first kappa shape index (κ1) is 29.2. The number of benzene rings is 4. The van der Waals surface area contributed by atoms with Crippen molar-refractivity contribution >= 4 is 41.3 Å². The Bertz CT molecular complexity index is 1570. The van der Waals surface area contributed by atoms with Crippen LogP contribution in [0.5, 0.6) is 11.5 Å². The van der Waals surface area contributed by atoms with Gasteiger partial charge in [-0.1, -0.05) is 37.3 Å². The van der Waals surface area contributed by atoms with Crippen LogP contribution in [-0.4, -0.2) is 36.5 Å². The van der Waals surface area contributed by atoms with E-state index in [1.54, 1.807) is 84.9 Å². The van der Waals surface area contributed by atoms with Gasteiger partial charge in [0.2, 0.25) is 0 Å². The zero-order chi connectivity index (χ0) is 29.7. The Kier molecular flexibility index (Phi) is 10.1. The number of anilines is 2. The van der Waals surface area contributed by atoms with Gasteiger partial charge in [0.1, 0.15) is 11.5 Å². The fourth-order valence-electron chi connectivity index (χ4n) is 3.60. The summed E-state index contributed by atoms with van der Waals surface area (Å²) in [4.78, 5) is 49.8. The van der Waals surface area contributed by atoms with Gasteiger partial charge in [0.25, 0.3) is 5.91 Å². The molecule has 0 aliphatic carbocycles. The second kappa shape index (κ2) is 14.6. The Morgan fingerprint density at radius 2 is 1.40 bits per heavy atom. The van der Waals surface area contributed by atoms with Gasteiger partial charge in [-0.25, -0.2) is 10.2 Å². The van der Waals surface area contributed by atoms with Gasteiger partial charge in [-0.3, -0.25) is 14.4 Å². The van der Waals surface area contributed by atoms with Crippen molar-refractivity contribution in [3.05, 3.63) is 120 Å². The van der Waals surface area contributed by atoms with Crippen LogP contribution in [0.4, 0.5) is 11.4 Å². The molecule has 3 amide bonds. The fourth-order valence-corrected chi connectivity index (χ4v) is 3.60. The summed E-state index contributed by atoms with van der Waals surface area (Å²) in [6, 6.07) is 28.2. The molecule has 0 saturated heterocycles. The molecule has 4 aromatic rings.